The summed E-state index contributed by atoms with van der Waals surface area (Å²) in [7, 11) is 0. The number of benzene rings is 1. The maximum Gasteiger partial charge on any atom is 0.334 e. The van der Waals surface area contributed by atoms with Crippen LogP contribution in [-0.4, -0.2) is 35.4 Å². The number of aliphatic carboxylic acids is 1. The number of nitrogens with one attached hydrogen (secondary N) is 2. The Hall–Kier alpha value is -2.08. The third kappa shape index (κ3) is 3.45. The molecular formula is C13H18N2O4. The highest BCUT2D eigenvalue weighted by Gasteiger charge is 2.40. The van der Waals surface area contributed by atoms with Crippen LogP contribution in [0.2, 0.25) is 0 Å². The van der Waals surface area contributed by atoms with Gasteiger partial charge in [0.05, 0.1) is 6.61 Å². The van der Waals surface area contributed by atoms with E-state index in [1.54, 1.807) is 37.3 Å². The molecule has 1 aromatic carbocycles. The van der Waals surface area contributed by atoms with Crippen molar-refractivity contribution in [1.82, 2.24) is 10.6 Å². The first-order valence-corrected chi connectivity index (χ1v) is 6.02. The molecule has 0 saturated heterocycles. The standard InChI is InChI=1S/C13H18N2O4/c1-2-13(11(17)18,10-6-4-3-5-7-10)15-12(19)14-8-9-16/h3-7,16H,2,8-9H2,1H3,(H,17,18)(H2,14,15,19)/t13-/m0/s1. The predicted octanol–water partition coefficient (Wildman–Crippen LogP) is 0.668. The third-order valence-electron chi connectivity index (χ3n) is 2.89. The number of aliphatic hydroxyl groups is 1. The second-order valence-electron chi connectivity index (χ2n) is 4.03. The molecule has 4 N–H and O–H groups in total. The van der Waals surface area contributed by atoms with Crippen molar-refractivity contribution < 1.29 is 19.8 Å². The molecular weight excluding hydrogens is 248 g/mol. The molecule has 0 spiro atoms. The average Bonchev–Trinajstić information content (AvgIpc) is 2.43. The van der Waals surface area contributed by atoms with Gasteiger partial charge in [-0.25, -0.2) is 9.59 Å². The van der Waals surface area contributed by atoms with Gasteiger partial charge in [0.1, 0.15) is 0 Å². The molecule has 19 heavy (non-hydrogen) atoms. The number of hydrogen-bond donors (Lipinski definition) is 4. The van der Waals surface area contributed by atoms with Crippen LogP contribution in [0.3, 0.4) is 0 Å². The molecule has 0 aliphatic rings. The Balaban J connectivity index is 3.01. The fraction of sp³-hybridized carbons (Fsp3) is 0.385. The van der Waals surface area contributed by atoms with E-state index in [1.807, 2.05) is 0 Å². The number of amides is 2. The molecule has 0 aliphatic heterocycles. The molecule has 6 heteroatoms. The SMILES string of the molecule is CC[C@@](NC(=O)NCCO)(C(=O)O)c1ccccc1. The zero-order valence-electron chi connectivity index (χ0n) is 10.7. The Labute approximate surface area is 111 Å². The molecule has 0 heterocycles. The number of aliphatic hydroxyl groups excluding tert-OH is 1. The van der Waals surface area contributed by atoms with Gasteiger partial charge in [-0.15, -0.1) is 0 Å². The zero-order valence-corrected chi connectivity index (χ0v) is 10.7. The van der Waals surface area contributed by atoms with Crippen molar-refractivity contribution in [2.45, 2.75) is 18.9 Å². The van der Waals surface area contributed by atoms with Gasteiger partial charge in [0, 0.05) is 6.54 Å². The molecule has 104 valence electrons. The van der Waals surface area contributed by atoms with Gasteiger partial charge in [-0.3, -0.25) is 0 Å². The minimum absolute atomic E-state index is 0.0695. The molecule has 0 saturated carbocycles. The molecule has 0 aliphatic carbocycles. The van der Waals surface area contributed by atoms with Crippen molar-refractivity contribution in [1.29, 1.82) is 0 Å². The van der Waals surface area contributed by atoms with Crippen molar-refractivity contribution in [2.24, 2.45) is 0 Å². The Morgan fingerprint density at radius 1 is 1.26 bits per heavy atom. The minimum atomic E-state index is -1.47. The largest absolute Gasteiger partial charge is 0.479 e. The molecule has 1 rings (SSSR count). The fourth-order valence-corrected chi connectivity index (χ4v) is 1.82. The fourth-order valence-electron chi connectivity index (χ4n) is 1.82. The first-order chi connectivity index (χ1) is 9.06. The van der Waals surface area contributed by atoms with Crippen LogP contribution in [0.5, 0.6) is 0 Å². The van der Waals surface area contributed by atoms with Gasteiger partial charge in [0.25, 0.3) is 0 Å². The number of carboxylic acid groups (broad SMARTS) is 1. The number of carbonyl (C=O) groups excluding carboxylic acids is 1. The molecule has 1 atom stereocenters. The Kier molecular flexibility index (Phi) is 5.32. The van der Waals surface area contributed by atoms with Crippen molar-refractivity contribution in [2.75, 3.05) is 13.2 Å². The normalized spacial score (nSPS) is 13.4. The number of urea groups is 1. The van der Waals surface area contributed by atoms with Crippen molar-refractivity contribution >= 4 is 12.0 Å². The van der Waals surface area contributed by atoms with Crippen LogP contribution < -0.4 is 10.6 Å². The van der Waals surface area contributed by atoms with Crippen molar-refractivity contribution in [3.63, 3.8) is 0 Å². The molecule has 2 amide bonds. The summed E-state index contributed by atoms with van der Waals surface area (Å²) in [6, 6.07) is 7.90. The highest BCUT2D eigenvalue weighted by atomic mass is 16.4. The highest BCUT2D eigenvalue weighted by molar-refractivity contribution is 5.87. The molecule has 0 bridgehead atoms. The van der Waals surface area contributed by atoms with E-state index in [0.29, 0.717) is 5.56 Å². The second kappa shape index (κ2) is 6.75. The number of carboxylic acids is 1. The van der Waals surface area contributed by atoms with E-state index in [0.717, 1.165) is 0 Å². The number of carbonyl (C=O) groups is 2. The van der Waals surface area contributed by atoms with E-state index in [1.165, 1.54) is 0 Å². The zero-order chi connectivity index (χ0) is 14.3. The summed E-state index contributed by atoms with van der Waals surface area (Å²) >= 11 is 0. The lowest BCUT2D eigenvalue weighted by Crippen LogP contribution is -2.54. The van der Waals surface area contributed by atoms with Gasteiger partial charge < -0.3 is 20.8 Å². The Morgan fingerprint density at radius 3 is 2.37 bits per heavy atom. The molecule has 6 nitrogen and oxygen atoms in total. The first-order valence-electron chi connectivity index (χ1n) is 6.02. The van der Waals surface area contributed by atoms with Crippen LogP contribution >= 0.6 is 0 Å². The van der Waals surface area contributed by atoms with E-state index in [4.69, 9.17) is 5.11 Å². The maximum absolute atomic E-state index is 11.7. The average molecular weight is 266 g/mol. The molecule has 1 aromatic rings. The maximum atomic E-state index is 11.7. The van der Waals surface area contributed by atoms with Crippen LogP contribution in [0.25, 0.3) is 0 Å². The highest BCUT2D eigenvalue weighted by Crippen LogP contribution is 2.25. The predicted molar refractivity (Wildman–Crippen MR) is 69.7 cm³/mol. The second-order valence-corrected chi connectivity index (χ2v) is 4.03. The van der Waals surface area contributed by atoms with Gasteiger partial charge in [-0.1, -0.05) is 37.3 Å². The van der Waals surface area contributed by atoms with Crippen LogP contribution in [0, 0.1) is 0 Å². The topological polar surface area (TPSA) is 98.7 Å². The number of hydrogen-bond acceptors (Lipinski definition) is 3. The lowest BCUT2D eigenvalue weighted by atomic mass is 9.87. The summed E-state index contributed by atoms with van der Waals surface area (Å²) in [5.74, 6) is -1.12. The van der Waals surface area contributed by atoms with E-state index >= 15 is 0 Å². The van der Waals surface area contributed by atoms with Gasteiger partial charge in [0.15, 0.2) is 5.54 Å². The minimum Gasteiger partial charge on any atom is -0.479 e. The summed E-state index contributed by atoms with van der Waals surface area (Å²) in [4.78, 5) is 23.2. The summed E-state index contributed by atoms with van der Waals surface area (Å²) in [6.45, 7) is 1.55. The van der Waals surface area contributed by atoms with Crippen molar-refractivity contribution in [3.05, 3.63) is 35.9 Å². The summed E-state index contributed by atoms with van der Waals surface area (Å²) in [5.41, 5.74) is -0.968. The monoisotopic (exact) mass is 266 g/mol. The lowest BCUT2D eigenvalue weighted by molar-refractivity contribution is -0.145. The van der Waals surface area contributed by atoms with Crippen LogP contribution in [-0.2, 0) is 10.3 Å². The van der Waals surface area contributed by atoms with Crippen LogP contribution in [0.4, 0.5) is 4.79 Å². The van der Waals surface area contributed by atoms with Crippen molar-refractivity contribution in [3.8, 4) is 0 Å². The van der Waals surface area contributed by atoms with Gasteiger partial charge in [-0.2, -0.15) is 0 Å². The van der Waals surface area contributed by atoms with Crippen LogP contribution in [0.15, 0.2) is 30.3 Å². The van der Waals surface area contributed by atoms with E-state index in [-0.39, 0.29) is 19.6 Å². The first kappa shape index (κ1) is 15.0. The van der Waals surface area contributed by atoms with E-state index in [9.17, 15) is 14.7 Å². The molecule has 0 unspecified atom stereocenters. The van der Waals surface area contributed by atoms with Gasteiger partial charge in [-0.05, 0) is 12.0 Å². The summed E-state index contributed by atoms with van der Waals surface area (Å²) < 4.78 is 0. The van der Waals surface area contributed by atoms with E-state index in [2.05, 4.69) is 10.6 Å². The van der Waals surface area contributed by atoms with Gasteiger partial charge in [0.2, 0.25) is 0 Å². The number of rotatable bonds is 6. The lowest BCUT2D eigenvalue weighted by Gasteiger charge is -2.29. The third-order valence-corrected chi connectivity index (χ3v) is 2.89. The van der Waals surface area contributed by atoms with Gasteiger partial charge >= 0.3 is 12.0 Å². The Bertz CT molecular complexity index is 436. The van der Waals surface area contributed by atoms with E-state index < -0.39 is 17.5 Å². The summed E-state index contributed by atoms with van der Waals surface area (Å²) in [6.07, 6.45) is 0.207. The molecule has 0 aromatic heterocycles. The van der Waals surface area contributed by atoms with Crippen LogP contribution in [0.1, 0.15) is 18.9 Å². The summed E-state index contributed by atoms with van der Waals surface area (Å²) in [5, 5.41) is 23.0. The molecule has 0 radical (unpaired) electrons. The quantitative estimate of drug-likeness (QED) is 0.608. The Morgan fingerprint density at radius 2 is 1.89 bits per heavy atom. The smallest absolute Gasteiger partial charge is 0.334 e. The molecule has 0 fully saturated rings.